The summed E-state index contributed by atoms with van der Waals surface area (Å²) in [5.41, 5.74) is 0. The zero-order chi connectivity index (χ0) is 11.5. The quantitative estimate of drug-likeness (QED) is 0.768. The minimum Gasteiger partial charge on any atom is -0.393 e. The number of aliphatic hydroxyl groups is 1. The van der Waals surface area contributed by atoms with Crippen molar-refractivity contribution in [2.24, 2.45) is 11.8 Å². The number of hydrogen-bond donors (Lipinski definition) is 1. The number of amides is 1. The van der Waals surface area contributed by atoms with Crippen LogP contribution in [0.1, 0.15) is 32.1 Å². The van der Waals surface area contributed by atoms with E-state index >= 15 is 0 Å². The van der Waals surface area contributed by atoms with Gasteiger partial charge < -0.3 is 10.0 Å². The molecule has 0 aromatic carbocycles. The third-order valence-corrected chi connectivity index (χ3v) is 4.27. The number of aliphatic hydroxyl groups excluding tert-OH is 1. The summed E-state index contributed by atoms with van der Waals surface area (Å²) in [7, 11) is 0. The zero-order valence-corrected chi connectivity index (χ0v) is 10.3. The first kappa shape index (κ1) is 12.2. The van der Waals surface area contributed by atoms with Crippen molar-refractivity contribution in [1.29, 1.82) is 0 Å². The van der Waals surface area contributed by atoms with E-state index in [-0.39, 0.29) is 17.9 Å². The molecule has 0 aromatic heterocycles. The number of carbonyl (C=O) groups is 1. The van der Waals surface area contributed by atoms with Gasteiger partial charge in [-0.15, -0.1) is 11.6 Å². The normalized spacial score (nSPS) is 35.8. The molecule has 3 atom stereocenters. The Balaban J connectivity index is 1.86. The molecule has 92 valence electrons. The number of rotatable bonds is 3. The summed E-state index contributed by atoms with van der Waals surface area (Å²) in [4.78, 5) is 13.6. The molecule has 16 heavy (non-hydrogen) atoms. The van der Waals surface area contributed by atoms with Crippen molar-refractivity contribution in [2.75, 3.05) is 19.0 Å². The first-order chi connectivity index (χ1) is 7.70. The molecule has 0 radical (unpaired) electrons. The summed E-state index contributed by atoms with van der Waals surface area (Å²) in [6.07, 6.45) is 4.63. The lowest BCUT2D eigenvalue weighted by Gasteiger charge is -2.31. The van der Waals surface area contributed by atoms with E-state index in [0.717, 1.165) is 32.4 Å². The van der Waals surface area contributed by atoms with Gasteiger partial charge in [0.2, 0.25) is 5.91 Å². The fourth-order valence-electron chi connectivity index (χ4n) is 2.82. The Hall–Kier alpha value is -0.280. The molecule has 1 saturated heterocycles. The number of likely N-dealkylation sites (tertiary alicyclic amines) is 1. The Kier molecular flexibility index (Phi) is 4.09. The summed E-state index contributed by atoms with van der Waals surface area (Å²) >= 11 is 5.78. The third kappa shape index (κ3) is 2.69. The Morgan fingerprint density at radius 3 is 2.75 bits per heavy atom. The molecular weight excluding hydrogens is 226 g/mol. The molecular formula is C12H20ClNO2. The number of carbonyl (C=O) groups excluding carboxylic acids is 1. The van der Waals surface area contributed by atoms with Crippen LogP contribution in [0.5, 0.6) is 0 Å². The highest BCUT2D eigenvalue weighted by molar-refractivity contribution is 6.18. The molecule has 0 aromatic rings. The highest BCUT2D eigenvalue weighted by atomic mass is 35.5. The SMILES string of the molecule is O=C1CC(CCl)CN1CC1CCCCC1O. The van der Waals surface area contributed by atoms with Gasteiger partial charge in [-0.1, -0.05) is 12.8 Å². The van der Waals surface area contributed by atoms with E-state index in [1.165, 1.54) is 6.42 Å². The molecule has 1 N–H and O–H groups in total. The highest BCUT2D eigenvalue weighted by Crippen LogP contribution is 2.27. The van der Waals surface area contributed by atoms with Gasteiger partial charge in [-0.05, 0) is 18.8 Å². The fraction of sp³-hybridized carbons (Fsp3) is 0.917. The van der Waals surface area contributed by atoms with Crippen molar-refractivity contribution < 1.29 is 9.90 Å². The van der Waals surface area contributed by atoms with Crippen molar-refractivity contribution in [3.05, 3.63) is 0 Å². The molecule has 1 aliphatic heterocycles. The van der Waals surface area contributed by atoms with Crippen LogP contribution in [0.15, 0.2) is 0 Å². The average molecular weight is 246 g/mol. The van der Waals surface area contributed by atoms with Gasteiger partial charge in [0.1, 0.15) is 0 Å². The van der Waals surface area contributed by atoms with Crippen LogP contribution in [0.3, 0.4) is 0 Å². The second-order valence-electron chi connectivity index (χ2n) is 5.14. The van der Waals surface area contributed by atoms with Gasteiger partial charge in [0.25, 0.3) is 0 Å². The predicted octanol–water partition coefficient (Wildman–Crippen LogP) is 1.62. The van der Waals surface area contributed by atoms with Gasteiger partial charge in [-0.3, -0.25) is 4.79 Å². The second kappa shape index (κ2) is 5.37. The van der Waals surface area contributed by atoms with Gasteiger partial charge in [-0.25, -0.2) is 0 Å². The molecule has 0 bridgehead atoms. The smallest absolute Gasteiger partial charge is 0.222 e. The van der Waals surface area contributed by atoms with Crippen molar-refractivity contribution in [1.82, 2.24) is 4.90 Å². The largest absolute Gasteiger partial charge is 0.393 e. The van der Waals surface area contributed by atoms with Gasteiger partial charge in [0.05, 0.1) is 6.10 Å². The molecule has 2 fully saturated rings. The molecule has 1 saturated carbocycles. The van der Waals surface area contributed by atoms with Gasteiger partial charge in [-0.2, -0.15) is 0 Å². The second-order valence-corrected chi connectivity index (χ2v) is 5.44. The lowest BCUT2D eigenvalue weighted by molar-refractivity contribution is -0.129. The van der Waals surface area contributed by atoms with Crippen molar-refractivity contribution >= 4 is 17.5 Å². The molecule has 1 amide bonds. The van der Waals surface area contributed by atoms with E-state index in [0.29, 0.717) is 18.2 Å². The molecule has 1 aliphatic carbocycles. The maximum absolute atomic E-state index is 11.7. The highest BCUT2D eigenvalue weighted by Gasteiger charge is 2.33. The summed E-state index contributed by atoms with van der Waals surface area (Å²) in [6, 6.07) is 0. The minimum absolute atomic E-state index is 0.211. The van der Waals surface area contributed by atoms with Crippen LogP contribution in [-0.4, -0.2) is 41.0 Å². The van der Waals surface area contributed by atoms with Crippen LogP contribution in [-0.2, 0) is 4.79 Å². The Morgan fingerprint density at radius 1 is 1.38 bits per heavy atom. The standard InChI is InChI=1S/C12H20ClNO2/c13-6-9-5-12(16)14(7-9)8-10-3-1-2-4-11(10)15/h9-11,15H,1-8H2. The van der Waals surface area contributed by atoms with Crippen LogP contribution in [0.4, 0.5) is 0 Å². The van der Waals surface area contributed by atoms with E-state index in [2.05, 4.69) is 0 Å². The molecule has 2 rings (SSSR count). The van der Waals surface area contributed by atoms with E-state index in [9.17, 15) is 9.90 Å². The molecule has 1 heterocycles. The minimum atomic E-state index is -0.211. The Bertz CT molecular complexity index is 259. The molecule has 0 spiro atoms. The van der Waals surface area contributed by atoms with Crippen molar-refractivity contribution in [3.63, 3.8) is 0 Å². The predicted molar refractivity (Wildman–Crippen MR) is 63.4 cm³/mol. The maximum atomic E-state index is 11.7. The van der Waals surface area contributed by atoms with E-state index in [4.69, 9.17) is 11.6 Å². The van der Waals surface area contributed by atoms with Crippen molar-refractivity contribution in [3.8, 4) is 0 Å². The average Bonchev–Trinajstić information content (AvgIpc) is 2.63. The lowest BCUT2D eigenvalue weighted by Crippen LogP contribution is -2.37. The summed E-state index contributed by atoms with van der Waals surface area (Å²) in [5.74, 6) is 1.38. The van der Waals surface area contributed by atoms with Gasteiger partial charge >= 0.3 is 0 Å². The number of halogens is 1. The van der Waals surface area contributed by atoms with Crippen LogP contribution in [0, 0.1) is 11.8 Å². The first-order valence-corrected chi connectivity index (χ1v) is 6.76. The summed E-state index contributed by atoms with van der Waals surface area (Å²) in [6.45, 7) is 1.51. The van der Waals surface area contributed by atoms with E-state index in [1.807, 2.05) is 4.90 Å². The molecule has 4 heteroatoms. The lowest BCUT2D eigenvalue weighted by atomic mass is 9.86. The summed E-state index contributed by atoms with van der Waals surface area (Å²) < 4.78 is 0. The zero-order valence-electron chi connectivity index (χ0n) is 9.57. The van der Waals surface area contributed by atoms with Crippen LogP contribution in [0.25, 0.3) is 0 Å². The van der Waals surface area contributed by atoms with Crippen LogP contribution in [0.2, 0.25) is 0 Å². The van der Waals surface area contributed by atoms with Crippen LogP contribution < -0.4 is 0 Å². The van der Waals surface area contributed by atoms with E-state index in [1.54, 1.807) is 0 Å². The number of alkyl halides is 1. The Morgan fingerprint density at radius 2 is 2.12 bits per heavy atom. The molecule has 2 aliphatic rings. The van der Waals surface area contributed by atoms with Crippen molar-refractivity contribution in [2.45, 2.75) is 38.2 Å². The topological polar surface area (TPSA) is 40.5 Å². The molecule has 3 unspecified atom stereocenters. The fourth-order valence-corrected chi connectivity index (χ4v) is 3.02. The van der Waals surface area contributed by atoms with E-state index < -0.39 is 0 Å². The maximum Gasteiger partial charge on any atom is 0.222 e. The van der Waals surface area contributed by atoms with Crippen LogP contribution >= 0.6 is 11.6 Å². The summed E-state index contributed by atoms with van der Waals surface area (Å²) in [5, 5.41) is 9.87. The first-order valence-electron chi connectivity index (χ1n) is 6.22. The van der Waals surface area contributed by atoms with Gasteiger partial charge in [0.15, 0.2) is 0 Å². The third-order valence-electron chi connectivity index (χ3n) is 3.84. The number of hydrogen-bond acceptors (Lipinski definition) is 2. The monoisotopic (exact) mass is 245 g/mol. The van der Waals surface area contributed by atoms with Gasteiger partial charge in [0, 0.05) is 31.3 Å². The number of nitrogens with zero attached hydrogens (tertiary/aromatic N) is 1. The molecule has 3 nitrogen and oxygen atoms in total. The Labute approximate surface area is 102 Å².